The Morgan fingerprint density at radius 2 is 0.750 bits per heavy atom. The highest BCUT2D eigenvalue weighted by Gasteiger charge is 2.36. The van der Waals surface area contributed by atoms with E-state index in [1.807, 2.05) is 54.6 Å². The molecule has 3 heterocycles. The SMILES string of the molecule is CC1(C)c2cc(-c3cc(-c4cccc(-c5cccc(-c6nc(-c7ccccc7)nc(-c7ccc8c(c7)oc7cc9ccccc9cc78)n6)c5)c4)nc(-c4ccccc4)n3)ccc2-c2cc3ccccc3cc21. The van der Waals surface area contributed by atoms with E-state index < -0.39 is 0 Å². The predicted octanol–water partition coefficient (Wildman–Crippen LogP) is 16.8. The van der Waals surface area contributed by atoms with Crippen LogP contribution in [0.5, 0.6) is 0 Å². The zero-order valence-corrected chi connectivity index (χ0v) is 39.5. The maximum absolute atomic E-state index is 6.48. The molecule has 0 amide bonds. The van der Waals surface area contributed by atoms with Gasteiger partial charge in [-0.3, -0.25) is 0 Å². The minimum atomic E-state index is -0.183. The van der Waals surface area contributed by atoms with Crippen molar-refractivity contribution in [3.63, 3.8) is 0 Å². The van der Waals surface area contributed by atoms with E-state index in [1.165, 1.54) is 38.4 Å². The molecule has 6 nitrogen and oxygen atoms in total. The van der Waals surface area contributed by atoms with E-state index in [9.17, 15) is 0 Å². The van der Waals surface area contributed by atoms with Crippen molar-refractivity contribution in [3.05, 3.63) is 236 Å². The van der Waals surface area contributed by atoms with Crippen LogP contribution in [-0.4, -0.2) is 24.9 Å². The molecule has 0 aliphatic heterocycles. The Kier molecular flexibility index (Phi) is 9.45. The van der Waals surface area contributed by atoms with Gasteiger partial charge in [0.25, 0.3) is 0 Å². The number of furan rings is 1. The van der Waals surface area contributed by atoms with E-state index in [0.29, 0.717) is 23.3 Å². The lowest BCUT2D eigenvalue weighted by molar-refractivity contribution is 0.661. The van der Waals surface area contributed by atoms with Crippen LogP contribution in [0.3, 0.4) is 0 Å². The standard InChI is InChI=1S/C66H43N5O/c1-66(2)56-36-49(27-29-52(56)54-33-44-19-9-11-21-46(44)35-57(54)66)59-39-58(67-62(68-59)40-15-5-3-6-16-40)48-25-13-23-42(31-48)43-24-14-26-50(32-43)64-69-63(41-17-7-4-8-18-41)70-65(71-64)51-28-30-53-55-34-45-20-10-12-22-47(45)37-61(55)72-60(53)38-51/h3-39H,1-2H3. The molecule has 1 aliphatic carbocycles. The van der Waals surface area contributed by atoms with E-state index in [2.05, 4.69) is 184 Å². The van der Waals surface area contributed by atoms with Gasteiger partial charge in [0.05, 0.1) is 11.4 Å². The Labute approximate surface area is 416 Å². The fourth-order valence-corrected chi connectivity index (χ4v) is 10.7. The molecule has 0 radical (unpaired) electrons. The Bertz CT molecular complexity index is 4310. The molecule has 0 N–H and O–H groups in total. The summed E-state index contributed by atoms with van der Waals surface area (Å²) in [6.07, 6.45) is 0. The number of fused-ring (bicyclic) bond motifs is 8. The van der Waals surface area contributed by atoms with Crippen LogP contribution in [0.4, 0.5) is 0 Å². The first-order valence-corrected chi connectivity index (χ1v) is 24.4. The molecular formula is C66H43N5O. The maximum Gasteiger partial charge on any atom is 0.164 e. The fraction of sp³-hybridized carbons (Fsp3) is 0.0455. The molecular weight excluding hydrogens is 879 g/mol. The number of rotatable bonds is 7. The van der Waals surface area contributed by atoms with Crippen molar-refractivity contribution in [2.75, 3.05) is 0 Å². The van der Waals surface area contributed by atoms with E-state index in [1.54, 1.807) is 0 Å². The van der Waals surface area contributed by atoms with E-state index in [4.69, 9.17) is 29.3 Å². The summed E-state index contributed by atoms with van der Waals surface area (Å²) in [5.41, 5.74) is 16.1. The molecule has 0 bridgehead atoms. The van der Waals surface area contributed by atoms with Crippen molar-refractivity contribution in [3.8, 4) is 90.3 Å². The summed E-state index contributed by atoms with van der Waals surface area (Å²) in [6.45, 7) is 4.67. The van der Waals surface area contributed by atoms with Crippen LogP contribution in [-0.2, 0) is 5.41 Å². The molecule has 0 unspecified atom stereocenters. The second-order valence-corrected chi connectivity index (χ2v) is 19.3. The maximum atomic E-state index is 6.48. The normalized spacial score (nSPS) is 12.7. The first-order valence-electron chi connectivity index (χ1n) is 24.4. The second kappa shape index (κ2) is 16.4. The van der Waals surface area contributed by atoms with Crippen LogP contribution in [0.25, 0.3) is 134 Å². The third kappa shape index (κ3) is 7.06. The molecule has 0 saturated carbocycles. The van der Waals surface area contributed by atoms with Crippen LogP contribution in [0, 0.1) is 0 Å². The molecule has 72 heavy (non-hydrogen) atoms. The summed E-state index contributed by atoms with van der Waals surface area (Å²) in [4.78, 5) is 25.8. The van der Waals surface area contributed by atoms with Gasteiger partial charge in [0, 0.05) is 49.6 Å². The molecule has 13 aromatic rings. The number of hydrogen-bond acceptors (Lipinski definition) is 6. The van der Waals surface area contributed by atoms with Gasteiger partial charge in [-0.2, -0.15) is 0 Å². The van der Waals surface area contributed by atoms with Gasteiger partial charge in [-0.25, -0.2) is 24.9 Å². The molecule has 0 spiro atoms. The number of benzene rings is 10. The Morgan fingerprint density at radius 3 is 1.42 bits per heavy atom. The first kappa shape index (κ1) is 41.6. The molecule has 10 aromatic carbocycles. The topological polar surface area (TPSA) is 77.6 Å². The third-order valence-corrected chi connectivity index (χ3v) is 14.5. The second-order valence-electron chi connectivity index (χ2n) is 19.3. The monoisotopic (exact) mass is 921 g/mol. The minimum Gasteiger partial charge on any atom is -0.456 e. The summed E-state index contributed by atoms with van der Waals surface area (Å²) < 4.78 is 6.48. The van der Waals surface area contributed by atoms with Crippen LogP contribution in [0.2, 0.25) is 0 Å². The van der Waals surface area contributed by atoms with Crippen molar-refractivity contribution in [2.45, 2.75) is 19.3 Å². The zero-order chi connectivity index (χ0) is 47.9. The van der Waals surface area contributed by atoms with Gasteiger partial charge in [0.15, 0.2) is 23.3 Å². The largest absolute Gasteiger partial charge is 0.456 e. The molecule has 338 valence electrons. The Morgan fingerprint density at radius 1 is 0.292 bits per heavy atom. The number of nitrogens with zero attached hydrogens (tertiary/aromatic N) is 5. The minimum absolute atomic E-state index is 0.183. The van der Waals surface area contributed by atoms with Crippen LogP contribution in [0.15, 0.2) is 229 Å². The van der Waals surface area contributed by atoms with E-state index in [-0.39, 0.29) is 5.41 Å². The highest BCUT2D eigenvalue weighted by atomic mass is 16.3. The highest BCUT2D eigenvalue weighted by Crippen LogP contribution is 2.51. The van der Waals surface area contributed by atoms with Crippen LogP contribution in [0.1, 0.15) is 25.0 Å². The third-order valence-electron chi connectivity index (χ3n) is 14.5. The van der Waals surface area contributed by atoms with Crippen molar-refractivity contribution in [1.82, 2.24) is 24.9 Å². The fourth-order valence-electron chi connectivity index (χ4n) is 10.7. The molecule has 0 atom stereocenters. The van der Waals surface area contributed by atoms with Gasteiger partial charge in [0.2, 0.25) is 0 Å². The van der Waals surface area contributed by atoms with E-state index in [0.717, 1.165) is 83.2 Å². The van der Waals surface area contributed by atoms with Gasteiger partial charge in [-0.15, -0.1) is 0 Å². The average Bonchev–Trinajstić information content (AvgIpc) is 3.91. The molecule has 6 heteroatoms. The summed E-state index contributed by atoms with van der Waals surface area (Å²) in [5, 5.41) is 6.97. The van der Waals surface area contributed by atoms with Gasteiger partial charge >= 0.3 is 0 Å². The van der Waals surface area contributed by atoms with Crippen LogP contribution >= 0.6 is 0 Å². The summed E-state index contributed by atoms with van der Waals surface area (Å²) >= 11 is 0. The van der Waals surface area contributed by atoms with Gasteiger partial charge < -0.3 is 4.42 Å². The lowest BCUT2D eigenvalue weighted by Gasteiger charge is -2.22. The highest BCUT2D eigenvalue weighted by molar-refractivity contribution is 6.10. The van der Waals surface area contributed by atoms with Gasteiger partial charge in [0.1, 0.15) is 11.2 Å². The quantitative estimate of drug-likeness (QED) is 0.158. The van der Waals surface area contributed by atoms with Crippen LogP contribution < -0.4 is 0 Å². The molecule has 3 aromatic heterocycles. The molecule has 1 aliphatic rings. The summed E-state index contributed by atoms with van der Waals surface area (Å²) in [5.74, 6) is 2.42. The Balaban J connectivity index is 0.844. The number of hydrogen-bond donors (Lipinski definition) is 0. The molecule has 0 saturated heterocycles. The first-order chi connectivity index (χ1) is 35.4. The van der Waals surface area contributed by atoms with Crippen molar-refractivity contribution < 1.29 is 4.42 Å². The summed E-state index contributed by atoms with van der Waals surface area (Å²) in [7, 11) is 0. The smallest absolute Gasteiger partial charge is 0.164 e. The Hall–Kier alpha value is -9.39. The average molecular weight is 922 g/mol. The van der Waals surface area contributed by atoms with Gasteiger partial charge in [-0.05, 0) is 116 Å². The zero-order valence-electron chi connectivity index (χ0n) is 39.5. The summed E-state index contributed by atoms with van der Waals surface area (Å²) in [6, 6.07) is 78.6. The van der Waals surface area contributed by atoms with Crippen molar-refractivity contribution in [2.24, 2.45) is 0 Å². The predicted molar refractivity (Wildman–Crippen MR) is 293 cm³/mol. The van der Waals surface area contributed by atoms with Crippen molar-refractivity contribution in [1.29, 1.82) is 0 Å². The molecule has 14 rings (SSSR count). The van der Waals surface area contributed by atoms with Crippen molar-refractivity contribution >= 4 is 43.5 Å². The lowest BCUT2D eigenvalue weighted by Crippen LogP contribution is -2.15. The van der Waals surface area contributed by atoms with Gasteiger partial charge in [-0.1, -0.05) is 178 Å². The lowest BCUT2D eigenvalue weighted by atomic mass is 9.81. The molecule has 0 fully saturated rings. The number of aromatic nitrogens is 5. The van der Waals surface area contributed by atoms with E-state index >= 15 is 0 Å².